The second-order valence-corrected chi connectivity index (χ2v) is 8.87. The van der Waals surface area contributed by atoms with Crippen molar-refractivity contribution in [2.24, 2.45) is 0 Å². The molecule has 1 amide bonds. The van der Waals surface area contributed by atoms with Crippen molar-refractivity contribution in [3.8, 4) is 0 Å². The number of carbonyl (C=O) groups is 1. The summed E-state index contributed by atoms with van der Waals surface area (Å²) < 4.78 is 25.7. The van der Waals surface area contributed by atoms with Crippen LogP contribution in [0.5, 0.6) is 0 Å². The zero-order valence-corrected chi connectivity index (χ0v) is 16.9. The van der Waals surface area contributed by atoms with E-state index in [1.807, 2.05) is 61.7 Å². The van der Waals surface area contributed by atoms with Gasteiger partial charge in [-0.05, 0) is 36.6 Å². The number of rotatable bonds is 8. The van der Waals surface area contributed by atoms with E-state index in [1.54, 1.807) is 0 Å². The van der Waals surface area contributed by atoms with Crippen LogP contribution in [0.1, 0.15) is 17.5 Å². The minimum Gasteiger partial charge on any atom is -0.361 e. The Morgan fingerprint density at radius 1 is 1.07 bits per heavy atom. The maximum atomic E-state index is 12.3. The lowest BCUT2D eigenvalue weighted by Gasteiger charge is -2.19. The molecule has 1 heterocycles. The normalized spacial score (nSPS) is 11.8. The molecule has 2 N–H and O–H groups in total. The van der Waals surface area contributed by atoms with Crippen LogP contribution < -0.4 is 5.32 Å². The molecular weight excluding hydrogens is 374 g/mol. The lowest BCUT2D eigenvalue weighted by atomic mass is 10.1. The molecule has 2 aromatic carbocycles. The van der Waals surface area contributed by atoms with Gasteiger partial charge in [0.05, 0.1) is 6.26 Å². The van der Waals surface area contributed by atoms with E-state index >= 15 is 0 Å². The first-order valence-corrected chi connectivity index (χ1v) is 11.0. The number of benzene rings is 2. The van der Waals surface area contributed by atoms with Crippen LogP contribution >= 0.6 is 0 Å². The van der Waals surface area contributed by atoms with Crippen LogP contribution in [0.25, 0.3) is 10.9 Å². The molecule has 0 atom stereocenters. The Morgan fingerprint density at radius 3 is 2.54 bits per heavy atom. The topological polar surface area (TPSA) is 82.3 Å². The molecule has 3 aromatic rings. The number of para-hydroxylation sites is 2. The number of sulfonamides is 1. The monoisotopic (exact) mass is 399 g/mol. The summed E-state index contributed by atoms with van der Waals surface area (Å²) in [5, 5.41) is 3.94. The van der Waals surface area contributed by atoms with Crippen LogP contribution in [0.3, 0.4) is 0 Å². The van der Waals surface area contributed by atoms with Crippen molar-refractivity contribution >= 4 is 32.5 Å². The van der Waals surface area contributed by atoms with E-state index in [0.29, 0.717) is 13.0 Å². The van der Waals surface area contributed by atoms with Crippen LogP contribution in [0.2, 0.25) is 0 Å². The van der Waals surface area contributed by atoms with E-state index in [9.17, 15) is 13.2 Å². The average Bonchev–Trinajstić information content (AvgIpc) is 3.06. The van der Waals surface area contributed by atoms with Crippen LogP contribution in [0.15, 0.2) is 54.7 Å². The molecule has 0 aliphatic rings. The molecule has 3 rings (SSSR count). The molecule has 148 valence electrons. The number of aromatic nitrogens is 1. The number of nitrogens with one attached hydrogen (secondary N) is 2. The van der Waals surface area contributed by atoms with Crippen molar-refractivity contribution in [2.45, 2.75) is 19.8 Å². The standard InChI is InChI=1S/C21H25N3O3S/c1-16-7-3-5-9-19(16)23-21(25)12-14-24(28(2,26)27)13-11-17-15-22-20-10-6-4-8-18(17)20/h3-10,15,22H,11-14H2,1-2H3,(H,23,25). The third-order valence-corrected chi connectivity index (χ3v) is 6.09. The number of carbonyl (C=O) groups excluding carboxylic acids is 1. The number of fused-ring (bicyclic) bond motifs is 1. The lowest BCUT2D eigenvalue weighted by molar-refractivity contribution is -0.116. The highest BCUT2D eigenvalue weighted by Crippen LogP contribution is 2.19. The molecule has 6 nitrogen and oxygen atoms in total. The van der Waals surface area contributed by atoms with Gasteiger partial charge in [-0.1, -0.05) is 36.4 Å². The summed E-state index contributed by atoms with van der Waals surface area (Å²) in [6.07, 6.45) is 3.78. The number of aromatic amines is 1. The van der Waals surface area contributed by atoms with E-state index in [0.717, 1.165) is 27.7 Å². The van der Waals surface area contributed by atoms with Gasteiger partial charge >= 0.3 is 0 Å². The summed E-state index contributed by atoms with van der Waals surface area (Å²) in [6.45, 7) is 2.40. The molecular formula is C21H25N3O3S. The fraction of sp³-hybridized carbons (Fsp3) is 0.286. The molecule has 0 fully saturated rings. The smallest absolute Gasteiger partial charge is 0.225 e. The van der Waals surface area contributed by atoms with Crippen LogP contribution in [-0.4, -0.2) is 43.0 Å². The minimum absolute atomic E-state index is 0.106. The fourth-order valence-corrected chi connectivity index (χ4v) is 4.03. The number of aryl methyl sites for hydroxylation is 1. The summed E-state index contributed by atoms with van der Waals surface area (Å²) in [5.74, 6) is -0.199. The molecule has 0 saturated heterocycles. The Hall–Kier alpha value is -2.64. The molecule has 7 heteroatoms. The Labute approximate surface area is 165 Å². The predicted molar refractivity (Wildman–Crippen MR) is 113 cm³/mol. The van der Waals surface area contributed by atoms with Crippen LogP contribution in [0.4, 0.5) is 5.69 Å². The molecule has 0 radical (unpaired) electrons. The second-order valence-electron chi connectivity index (χ2n) is 6.88. The van der Waals surface area contributed by atoms with E-state index in [2.05, 4.69) is 10.3 Å². The van der Waals surface area contributed by atoms with E-state index in [4.69, 9.17) is 0 Å². The van der Waals surface area contributed by atoms with Gasteiger partial charge in [-0.3, -0.25) is 4.79 Å². The number of hydrogen-bond acceptors (Lipinski definition) is 3. The van der Waals surface area contributed by atoms with Gasteiger partial charge in [0.1, 0.15) is 0 Å². The summed E-state index contributed by atoms with van der Waals surface area (Å²) in [5.41, 5.74) is 3.81. The summed E-state index contributed by atoms with van der Waals surface area (Å²) in [4.78, 5) is 15.5. The Bertz CT molecular complexity index is 1070. The quantitative estimate of drug-likeness (QED) is 0.610. The molecule has 0 aliphatic heterocycles. The van der Waals surface area contributed by atoms with Gasteiger partial charge in [-0.15, -0.1) is 0 Å². The van der Waals surface area contributed by atoms with Crippen LogP contribution in [0, 0.1) is 6.92 Å². The number of nitrogens with zero attached hydrogens (tertiary/aromatic N) is 1. The summed E-state index contributed by atoms with van der Waals surface area (Å²) in [7, 11) is -3.40. The zero-order chi connectivity index (χ0) is 20.1. The average molecular weight is 400 g/mol. The SMILES string of the molecule is Cc1ccccc1NC(=O)CCN(CCc1c[nH]c2ccccc12)S(C)(=O)=O. The van der Waals surface area contributed by atoms with Crippen molar-refractivity contribution in [1.29, 1.82) is 0 Å². The first-order chi connectivity index (χ1) is 13.3. The molecule has 0 bridgehead atoms. The summed E-state index contributed by atoms with van der Waals surface area (Å²) >= 11 is 0. The van der Waals surface area contributed by atoms with Gasteiger partial charge in [0, 0.05) is 42.3 Å². The maximum Gasteiger partial charge on any atom is 0.225 e. The van der Waals surface area contributed by atoms with Gasteiger partial charge in [0.15, 0.2) is 0 Å². The van der Waals surface area contributed by atoms with E-state index < -0.39 is 10.0 Å². The van der Waals surface area contributed by atoms with E-state index in [-0.39, 0.29) is 18.9 Å². The Balaban J connectivity index is 1.61. The Kier molecular flexibility index (Phi) is 6.16. The van der Waals surface area contributed by atoms with Crippen LogP contribution in [-0.2, 0) is 21.2 Å². The largest absolute Gasteiger partial charge is 0.361 e. The Morgan fingerprint density at radius 2 is 1.79 bits per heavy atom. The number of anilines is 1. The fourth-order valence-electron chi connectivity index (χ4n) is 3.18. The maximum absolute atomic E-state index is 12.3. The molecule has 28 heavy (non-hydrogen) atoms. The van der Waals surface area contributed by atoms with Crippen molar-refractivity contribution in [3.05, 3.63) is 65.9 Å². The van der Waals surface area contributed by atoms with Gasteiger partial charge in [0.25, 0.3) is 0 Å². The molecule has 1 aromatic heterocycles. The predicted octanol–water partition coefficient (Wildman–Crippen LogP) is 3.31. The molecule has 0 spiro atoms. The van der Waals surface area contributed by atoms with Crippen molar-refractivity contribution < 1.29 is 13.2 Å². The van der Waals surface area contributed by atoms with Gasteiger partial charge < -0.3 is 10.3 Å². The van der Waals surface area contributed by atoms with Gasteiger partial charge in [-0.25, -0.2) is 12.7 Å². The zero-order valence-electron chi connectivity index (χ0n) is 16.1. The number of hydrogen-bond donors (Lipinski definition) is 2. The minimum atomic E-state index is -3.40. The third kappa shape index (κ3) is 4.99. The highest BCUT2D eigenvalue weighted by Gasteiger charge is 2.18. The van der Waals surface area contributed by atoms with E-state index in [1.165, 1.54) is 10.6 Å². The first-order valence-electron chi connectivity index (χ1n) is 9.20. The molecule has 0 saturated carbocycles. The highest BCUT2D eigenvalue weighted by molar-refractivity contribution is 7.88. The second kappa shape index (κ2) is 8.58. The lowest BCUT2D eigenvalue weighted by Crippen LogP contribution is -2.34. The summed E-state index contributed by atoms with van der Waals surface area (Å²) in [6, 6.07) is 15.4. The first kappa shape index (κ1) is 20.1. The third-order valence-electron chi connectivity index (χ3n) is 4.78. The van der Waals surface area contributed by atoms with Crippen molar-refractivity contribution in [2.75, 3.05) is 24.7 Å². The number of H-pyrrole nitrogens is 1. The van der Waals surface area contributed by atoms with Crippen molar-refractivity contribution in [1.82, 2.24) is 9.29 Å². The van der Waals surface area contributed by atoms with Gasteiger partial charge in [-0.2, -0.15) is 0 Å². The van der Waals surface area contributed by atoms with Gasteiger partial charge in [0.2, 0.25) is 15.9 Å². The molecule has 0 aliphatic carbocycles. The molecule has 0 unspecified atom stereocenters. The van der Waals surface area contributed by atoms with Crippen molar-refractivity contribution in [3.63, 3.8) is 0 Å². The highest BCUT2D eigenvalue weighted by atomic mass is 32.2. The number of amides is 1.